The van der Waals surface area contributed by atoms with Crippen LogP contribution in [0.15, 0.2) is 103 Å². The monoisotopic (exact) mass is 378 g/mol. The lowest BCUT2D eigenvalue weighted by atomic mass is 9.67. The average Bonchev–Trinajstić information content (AvgIpc) is 3.09. The van der Waals surface area contributed by atoms with Crippen LogP contribution in [0.4, 0.5) is 0 Å². The van der Waals surface area contributed by atoms with Crippen molar-refractivity contribution in [2.24, 2.45) is 0 Å². The Balaban J connectivity index is 0.000000778. The van der Waals surface area contributed by atoms with E-state index in [0.717, 1.165) is 0 Å². The van der Waals surface area contributed by atoms with Crippen molar-refractivity contribution in [1.82, 2.24) is 0 Å². The lowest BCUT2D eigenvalue weighted by Gasteiger charge is -2.33. The minimum absolute atomic E-state index is 0. The van der Waals surface area contributed by atoms with E-state index >= 15 is 0 Å². The molecule has 0 aromatic heterocycles. The van der Waals surface area contributed by atoms with Gasteiger partial charge in [0.15, 0.2) is 0 Å². The van der Waals surface area contributed by atoms with Crippen molar-refractivity contribution in [3.63, 3.8) is 0 Å². The highest BCUT2D eigenvalue weighted by molar-refractivity contribution is 5.87. The number of benzene rings is 4. The Morgan fingerprint density at radius 2 is 1.00 bits per heavy atom. The number of hydrogen-bond donors (Lipinski definition) is 0. The fraction of sp³-hybridized carbons (Fsp3) is 0.172. The zero-order chi connectivity index (χ0) is 19.6. The number of aryl methyl sites for hydroxylation is 1. The van der Waals surface area contributed by atoms with Crippen molar-refractivity contribution >= 4 is 0 Å². The first-order chi connectivity index (χ1) is 13.8. The van der Waals surface area contributed by atoms with E-state index in [-0.39, 0.29) is 12.8 Å². The van der Waals surface area contributed by atoms with Gasteiger partial charge in [-0.3, -0.25) is 0 Å². The molecule has 1 aliphatic carbocycles. The maximum Gasteiger partial charge on any atom is 0.0713 e. The van der Waals surface area contributed by atoms with Crippen molar-refractivity contribution < 1.29 is 0 Å². The van der Waals surface area contributed by atoms with Crippen molar-refractivity contribution in [1.29, 1.82) is 0 Å². The Kier molecular flexibility index (Phi) is 6.03. The minimum atomic E-state index is -0.263. The second-order valence-corrected chi connectivity index (χ2v) is 7.03. The molecule has 0 unspecified atom stereocenters. The van der Waals surface area contributed by atoms with E-state index in [1.807, 2.05) is 13.8 Å². The quantitative estimate of drug-likeness (QED) is 0.292. The molecule has 0 nitrogen and oxygen atoms in total. The highest BCUT2D eigenvalue weighted by Gasteiger charge is 2.46. The van der Waals surface area contributed by atoms with Crippen LogP contribution in [0, 0.1) is 6.92 Å². The molecule has 0 aliphatic heterocycles. The topological polar surface area (TPSA) is 0 Å². The van der Waals surface area contributed by atoms with Gasteiger partial charge in [0, 0.05) is 0 Å². The summed E-state index contributed by atoms with van der Waals surface area (Å²) in [5.74, 6) is 0. The van der Waals surface area contributed by atoms with Crippen molar-refractivity contribution in [3.8, 4) is 11.1 Å². The summed E-state index contributed by atoms with van der Waals surface area (Å²) in [5.41, 5.74) is 9.22. The standard InChI is InChI=1S/C26H20.C2H6.CH4/c1-19-11-10-18-24-25(19)22-16-8-9-17-23(22)26(24,20-12-4-2-5-13-20)21-14-6-3-7-15-21;1-2;/h2-18H,1H3;1-2H3;1H4. The number of rotatable bonds is 2. The Bertz CT molecular complexity index is 1040. The minimum Gasteiger partial charge on any atom is -0.0776 e. The van der Waals surface area contributed by atoms with E-state index in [1.54, 1.807) is 0 Å². The van der Waals surface area contributed by atoms with E-state index < -0.39 is 0 Å². The Morgan fingerprint density at radius 3 is 1.59 bits per heavy atom. The molecule has 0 saturated heterocycles. The molecule has 0 amide bonds. The molecule has 1 aliphatic rings. The zero-order valence-corrected chi connectivity index (χ0v) is 16.8. The van der Waals surface area contributed by atoms with Crippen LogP contribution in [0.5, 0.6) is 0 Å². The van der Waals surface area contributed by atoms with Crippen LogP contribution in [-0.2, 0) is 5.41 Å². The van der Waals surface area contributed by atoms with E-state index in [0.29, 0.717) is 0 Å². The predicted octanol–water partition coefficient (Wildman–Crippen LogP) is 8.02. The molecule has 4 aromatic carbocycles. The van der Waals surface area contributed by atoms with Crippen LogP contribution in [0.1, 0.15) is 49.1 Å². The van der Waals surface area contributed by atoms with Crippen LogP contribution < -0.4 is 0 Å². The van der Waals surface area contributed by atoms with E-state index in [4.69, 9.17) is 0 Å². The molecular weight excluding hydrogens is 348 g/mol. The van der Waals surface area contributed by atoms with Gasteiger partial charge in [-0.05, 0) is 45.9 Å². The third-order valence-electron chi connectivity index (χ3n) is 5.69. The normalized spacial score (nSPS) is 12.7. The lowest BCUT2D eigenvalue weighted by Crippen LogP contribution is -2.28. The Morgan fingerprint density at radius 1 is 0.517 bits per heavy atom. The Hall–Kier alpha value is -3.12. The number of hydrogen-bond acceptors (Lipinski definition) is 0. The molecule has 0 spiro atoms. The van der Waals surface area contributed by atoms with Crippen LogP contribution in [0.3, 0.4) is 0 Å². The summed E-state index contributed by atoms with van der Waals surface area (Å²) >= 11 is 0. The molecule has 5 rings (SSSR count). The summed E-state index contributed by atoms with van der Waals surface area (Å²) in [7, 11) is 0. The maximum atomic E-state index is 2.31. The van der Waals surface area contributed by atoms with Gasteiger partial charge >= 0.3 is 0 Å². The SMILES string of the molecule is C.CC.Cc1cccc2c1-c1ccccc1C2(c1ccccc1)c1ccccc1. The second kappa shape index (κ2) is 8.49. The first-order valence-electron chi connectivity index (χ1n) is 10.1. The third kappa shape index (κ3) is 3.00. The van der Waals surface area contributed by atoms with Crippen LogP contribution in [-0.4, -0.2) is 0 Å². The lowest BCUT2D eigenvalue weighted by molar-refractivity contribution is 0.768. The van der Waals surface area contributed by atoms with Gasteiger partial charge in [0.1, 0.15) is 0 Å². The second-order valence-electron chi connectivity index (χ2n) is 7.03. The summed E-state index contributed by atoms with van der Waals surface area (Å²) in [5, 5.41) is 0. The molecule has 0 saturated carbocycles. The number of fused-ring (bicyclic) bond motifs is 3. The van der Waals surface area contributed by atoms with E-state index in [1.165, 1.54) is 38.9 Å². The first kappa shape index (κ1) is 20.6. The van der Waals surface area contributed by atoms with Crippen LogP contribution in [0.25, 0.3) is 11.1 Å². The van der Waals surface area contributed by atoms with Gasteiger partial charge in [-0.1, -0.05) is 124 Å². The van der Waals surface area contributed by atoms with Gasteiger partial charge in [0.05, 0.1) is 5.41 Å². The molecule has 0 radical (unpaired) electrons. The summed E-state index contributed by atoms with van der Waals surface area (Å²) in [6, 6.07) is 37.5. The smallest absolute Gasteiger partial charge is 0.0713 e. The van der Waals surface area contributed by atoms with Crippen LogP contribution in [0.2, 0.25) is 0 Å². The van der Waals surface area contributed by atoms with Crippen molar-refractivity contribution in [3.05, 3.63) is 131 Å². The van der Waals surface area contributed by atoms with Gasteiger partial charge in [-0.15, -0.1) is 0 Å². The largest absolute Gasteiger partial charge is 0.0776 e. The van der Waals surface area contributed by atoms with Gasteiger partial charge in [-0.2, -0.15) is 0 Å². The van der Waals surface area contributed by atoms with Crippen molar-refractivity contribution in [2.45, 2.75) is 33.6 Å². The Labute approximate surface area is 175 Å². The molecule has 0 fully saturated rings. The van der Waals surface area contributed by atoms with Gasteiger partial charge < -0.3 is 0 Å². The average molecular weight is 379 g/mol. The molecule has 4 aromatic rings. The molecule has 146 valence electrons. The van der Waals surface area contributed by atoms with Gasteiger partial charge in [0.25, 0.3) is 0 Å². The molecule has 0 bridgehead atoms. The van der Waals surface area contributed by atoms with E-state index in [2.05, 4.69) is 110 Å². The highest BCUT2D eigenvalue weighted by atomic mass is 14.5. The van der Waals surface area contributed by atoms with Crippen LogP contribution >= 0.6 is 0 Å². The summed E-state index contributed by atoms with van der Waals surface area (Å²) in [6.07, 6.45) is 0. The summed E-state index contributed by atoms with van der Waals surface area (Å²) < 4.78 is 0. The van der Waals surface area contributed by atoms with Crippen molar-refractivity contribution in [2.75, 3.05) is 0 Å². The molecule has 29 heavy (non-hydrogen) atoms. The fourth-order valence-corrected chi connectivity index (χ4v) is 4.68. The highest BCUT2D eigenvalue weighted by Crippen LogP contribution is 2.56. The van der Waals surface area contributed by atoms with Gasteiger partial charge in [0.2, 0.25) is 0 Å². The molecule has 0 heteroatoms. The molecule has 0 N–H and O–H groups in total. The third-order valence-corrected chi connectivity index (χ3v) is 5.69. The fourth-order valence-electron chi connectivity index (χ4n) is 4.68. The summed E-state index contributed by atoms with van der Waals surface area (Å²) in [4.78, 5) is 0. The first-order valence-corrected chi connectivity index (χ1v) is 10.1. The molecular formula is C29H30. The van der Waals surface area contributed by atoms with Gasteiger partial charge in [-0.25, -0.2) is 0 Å². The maximum absolute atomic E-state index is 2.31. The molecule has 0 heterocycles. The summed E-state index contributed by atoms with van der Waals surface area (Å²) in [6.45, 7) is 6.22. The van der Waals surface area contributed by atoms with E-state index in [9.17, 15) is 0 Å². The molecule has 0 atom stereocenters. The zero-order valence-electron chi connectivity index (χ0n) is 16.8. The predicted molar refractivity (Wildman–Crippen MR) is 127 cm³/mol.